The lowest BCUT2D eigenvalue weighted by molar-refractivity contribution is 0.249. The van der Waals surface area contributed by atoms with Gasteiger partial charge >= 0.3 is 0 Å². The Kier molecular flexibility index (Phi) is 9.77. The average molecular weight is 193 g/mol. The lowest BCUT2D eigenvalue weighted by Crippen LogP contribution is -2.25. The van der Waals surface area contributed by atoms with Gasteiger partial charge in [-0.05, 0) is 32.2 Å². The van der Waals surface area contributed by atoms with E-state index in [2.05, 4.69) is 12.2 Å². The van der Waals surface area contributed by atoms with E-state index in [1.807, 2.05) is 0 Å². The molecular weight excluding hydrogens is 172 g/mol. The second-order valence-corrected chi connectivity index (χ2v) is 3.31. The predicted octanol–water partition coefficient (Wildman–Crippen LogP) is 3.20. The number of rotatable bonds is 9. The first-order chi connectivity index (χ1) is 6.31. The molecule has 0 heterocycles. The van der Waals surface area contributed by atoms with Crippen LogP contribution in [-0.4, -0.2) is 19.5 Å². The largest absolute Gasteiger partial charge is 0.288 e. The van der Waals surface area contributed by atoms with Crippen molar-refractivity contribution < 1.29 is 8.78 Å². The van der Waals surface area contributed by atoms with Crippen LogP contribution in [0.3, 0.4) is 0 Å². The van der Waals surface area contributed by atoms with E-state index in [-0.39, 0.29) is 6.67 Å². The van der Waals surface area contributed by atoms with Crippen LogP contribution in [-0.2, 0) is 0 Å². The molecule has 0 aromatic rings. The molecule has 0 saturated carbocycles. The van der Waals surface area contributed by atoms with Crippen molar-refractivity contribution in [1.29, 1.82) is 0 Å². The molecule has 0 aliphatic carbocycles. The number of hydrogen-bond donors (Lipinski definition) is 1. The van der Waals surface area contributed by atoms with Crippen LogP contribution >= 0.6 is 0 Å². The summed E-state index contributed by atoms with van der Waals surface area (Å²) in [6, 6.07) is 0. The molecule has 1 atom stereocenters. The molecule has 0 aliphatic rings. The van der Waals surface area contributed by atoms with Gasteiger partial charge in [0.2, 0.25) is 0 Å². The fourth-order valence-corrected chi connectivity index (χ4v) is 1.13. The Morgan fingerprint density at radius 3 is 2.54 bits per heavy atom. The van der Waals surface area contributed by atoms with Crippen LogP contribution in [0.25, 0.3) is 0 Å². The van der Waals surface area contributed by atoms with Crippen LogP contribution in [0.1, 0.15) is 45.4 Å². The molecule has 80 valence electrons. The van der Waals surface area contributed by atoms with Crippen molar-refractivity contribution in [2.45, 2.75) is 51.7 Å². The molecule has 0 bridgehead atoms. The van der Waals surface area contributed by atoms with Crippen molar-refractivity contribution in [2.24, 2.45) is 0 Å². The van der Waals surface area contributed by atoms with E-state index in [1.165, 1.54) is 0 Å². The molecule has 0 saturated heterocycles. The van der Waals surface area contributed by atoms with E-state index in [4.69, 9.17) is 0 Å². The van der Waals surface area contributed by atoms with Crippen molar-refractivity contribution >= 4 is 0 Å². The molecule has 1 N–H and O–H groups in total. The average Bonchev–Trinajstić information content (AvgIpc) is 2.13. The van der Waals surface area contributed by atoms with Gasteiger partial charge in [0.15, 0.2) is 6.30 Å². The predicted molar refractivity (Wildman–Crippen MR) is 52.2 cm³/mol. The van der Waals surface area contributed by atoms with Gasteiger partial charge in [0, 0.05) is 0 Å². The zero-order valence-electron chi connectivity index (χ0n) is 8.49. The minimum atomic E-state index is -0.897. The van der Waals surface area contributed by atoms with E-state index in [0.717, 1.165) is 32.2 Å². The summed E-state index contributed by atoms with van der Waals surface area (Å²) in [6.07, 6.45) is 3.88. The van der Waals surface area contributed by atoms with E-state index < -0.39 is 6.30 Å². The van der Waals surface area contributed by atoms with Crippen LogP contribution in [0.5, 0.6) is 0 Å². The third-order valence-electron chi connectivity index (χ3n) is 1.99. The molecule has 0 rings (SSSR count). The van der Waals surface area contributed by atoms with E-state index in [1.54, 1.807) is 0 Å². The summed E-state index contributed by atoms with van der Waals surface area (Å²) in [5, 5.41) is 2.80. The summed E-state index contributed by atoms with van der Waals surface area (Å²) in [7, 11) is 0. The minimum Gasteiger partial charge on any atom is -0.288 e. The smallest absolute Gasteiger partial charge is 0.151 e. The molecule has 3 heteroatoms. The SMILES string of the molecule is CCCCNC(F)CCCCCF. The third-order valence-corrected chi connectivity index (χ3v) is 1.99. The summed E-state index contributed by atoms with van der Waals surface area (Å²) in [6.45, 7) is 2.55. The number of hydrogen-bond acceptors (Lipinski definition) is 1. The van der Waals surface area contributed by atoms with Gasteiger partial charge in [0.1, 0.15) is 0 Å². The van der Waals surface area contributed by atoms with Gasteiger partial charge in [-0.1, -0.05) is 19.8 Å². The Balaban J connectivity index is 3.05. The summed E-state index contributed by atoms with van der Waals surface area (Å²) in [5.41, 5.74) is 0. The second-order valence-electron chi connectivity index (χ2n) is 3.31. The Labute approximate surface area is 79.9 Å². The standard InChI is InChI=1S/C10H21F2N/c1-2-3-9-13-10(12)7-5-4-6-8-11/h10,13H,2-9H2,1H3. The molecule has 0 fully saturated rings. The quantitative estimate of drug-likeness (QED) is 0.438. The van der Waals surface area contributed by atoms with E-state index in [0.29, 0.717) is 12.8 Å². The second kappa shape index (κ2) is 9.90. The van der Waals surface area contributed by atoms with Crippen molar-refractivity contribution in [3.8, 4) is 0 Å². The Hall–Kier alpha value is -0.180. The number of unbranched alkanes of at least 4 members (excludes halogenated alkanes) is 3. The first-order valence-electron chi connectivity index (χ1n) is 5.24. The van der Waals surface area contributed by atoms with Crippen molar-refractivity contribution in [3.05, 3.63) is 0 Å². The van der Waals surface area contributed by atoms with Crippen LogP contribution < -0.4 is 5.32 Å². The Morgan fingerprint density at radius 2 is 1.92 bits per heavy atom. The van der Waals surface area contributed by atoms with Crippen LogP contribution in [0.2, 0.25) is 0 Å². The van der Waals surface area contributed by atoms with Crippen LogP contribution in [0.15, 0.2) is 0 Å². The molecule has 0 spiro atoms. The van der Waals surface area contributed by atoms with Gasteiger partial charge in [-0.25, -0.2) is 4.39 Å². The summed E-state index contributed by atoms with van der Waals surface area (Å²) < 4.78 is 24.6. The topological polar surface area (TPSA) is 12.0 Å². The van der Waals surface area contributed by atoms with Gasteiger partial charge in [-0.15, -0.1) is 0 Å². The number of halogens is 2. The molecule has 0 amide bonds. The molecule has 0 aromatic heterocycles. The molecular formula is C10H21F2N. The Morgan fingerprint density at radius 1 is 1.15 bits per heavy atom. The van der Waals surface area contributed by atoms with Crippen molar-refractivity contribution in [3.63, 3.8) is 0 Å². The normalized spacial score (nSPS) is 13.2. The molecule has 13 heavy (non-hydrogen) atoms. The highest BCUT2D eigenvalue weighted by molar-refractivity contribution is 4.54. The zero-order chi connectivity index (χ0) is 9.94. The highest BCUT2D eigenvalue weighted by Crippen LogP contribution is 2.04. The van der Waals surface area contributed by atoms with Crippen LogP contribution in [0, 0.1) is 0 Å². The van der Waals surface area contributed by atoms with Crippen LogP contribution in [0.4, 0.5) is 8.78 Å². The third kappa shape index (κ3) is 9.74. The highest BCUT2D eigenvalue weighted by atomic mass is 19.1. The molecule has 1 nitrogen and oxygen atoms in total. The lowest BCUT2D eigenvalue weighted by atomic mass is 10.2. The van der Waals surface area contributed by atoms with Gasteiger partial charge < -0.3 is 0 Å². The van der Waals surface area contributed by atoms with Gasteiger partial charge in [-0.3, -0.25) is 9.71 Å². The summed E-state index contributed by atoms with van der Waals surface area (Å²) >= 11 is 0. The zero-order valence-corrected chi connectivity index (χ0v) is 8.49. The molecule has 0 aromatic carbocycles. The first kappa shape index (κ1) is 12.8. The maximum atomic E-state index is 12.9. The van der Waals surface area contributed by atoms with Gasteiger partial charge in [-0.2, -0.15) is 0 Å². The fourth-order valence-electron chi connectivity index (χ4n) is 1.13. The van der Waals surface area contributed by atoms with Crippen molar-refractivity contribution in [1.82, 2.24) is 5.32 Å². The highest BCUT2D eigenvalue weighted by Gasteiger charge is 2.03. The molecule has 0 radical (unpaired) electrons. The maximum absolute atomic E-state index is 12.9. The monoisotopic (exact) mass is 193 g/mol. The fraction of sp³-hybridized carbons (Fsp3) is 1.00. The maximum Gasteiger partial charge on any atom is 0.151 e. The lowest BCUT2D eigenvalue weighted by Gasteiger charge is -2.09. The van der Waals surface area contributed by atoms with E-state index >= 15 is 0 Å². The molecule has 0 aliphatic heterocycles. The van der Waals surface area contributed by atoms with E-state index in [9.17, 15) is 8.78 Å². The number of alkyl halides is 2. The van der Waals surface area contributed by atoms with Gasteiger partial charge in [0.25, 0.3) is 0 Å². The van der Waals surface area contributed by atoms with Gasteiger partial charge in [0.05, 0.1) is 6.67 Å². The minimum absolute atomic E-state index is 0.278. The Bertz CT molecular complexity index is 98.9. The number of nitrogens with one attached hydrogen (secondary N) is 1. The summed E-state index contributed by atoms with van der Waals surface area (Å²) in [5.74, 6) is 0. The first-order valence-corrected chi connectivity index (χ1v) is 5.24. The van der Waals surface area contributed by atoms with Crippen molar-refractivity contribution in [2.75, 3.05) is 13.2 Å². The summed E-state index contributed by atoms with van der Waals surface area (Å²) in [4.78, 5) is 0. The molecule has 1 unspecified atom stereocenters.